The first-order valence-electron chi connectivity index (χ1n) is 9.39. The van der Waals surface area contributed by atoms with Crippen molar-refractivity contribution >= 4 is 11.6 Å². The molecule has 0 radical (unpaired) electrons. The summed E-state index contributed by atoms with van der Waals surface area (Å²) in [5.74, 6) is 1.24. The van der Waals surface area contributed by atoms with Gasteiger partial charge in [-0.05, 0) is 43.2 Å². The number of aromatic nitrogens is 2. The minimum Gasteiger partial charge on any atom is -0.497 e. The molecule has 2 heterocycles. The monoisotopic (exact) mass is 368 g/mol. The summed E-state index contributed by atoms with van der Waals surface area (Å²) in [5.41, 5.74) is 1.83. The van der Waals surface area contributed by atoms with Crippen molar-refractivity contribution in [3.63, 3.8) is 0 Å². The van der Waals surface area contributed by atoms with Gasteiger partial charge in [0.2, 0.25) is 5.91 Å². The van der Waals surface area contributed by atoms with E-state index in [2.05, 4.69) is 10.00 Å². The number of carbonyl (C=O) groups excluding carboxylic acids is 1. The van der Waals surface area contributed by atoms with Gasteiger partial charge in [-0.1, -0.05) is 0 Å². The molecule has 2 fully saturated rings. The molecule has 0 atom stereocenters. The number of piperazine rings is 1. The van der Waals surface area contributed by atoms with Gasteiger partial charge in [-0.15, -0.1) is 0 Å². The Balaban J connectivity index is 1.36. The van der Waals surface area contributed by atoms with Gasteiger partial charge in [-0.25, -0.2) is 4.68 Å². The van der Waals surface area contributed by atoms with Gasteiger partial charge in [0, 0.05) is 43.9 Å². The van der Waals surface area contributed by atoms with Gasteiger partial charge < -0.3 is 14.5 Å². The van der Waals surface area contributed by atoms with Gasteiger partial charge in [0.15, 0.2) is 0 Å². The number of benzene rings is 1. The molecule has 1 amide bonds. The highest BCUT2D eigenvalue weighted by Gasteiger charge is 2.26. The Morgan fingerprint density at radius 3 is 2.41 bits per heavy atom. The lowest BCUT2D eigenvalue weighted by atomic mass is 10.2. The van der Waals surface area contributed by atoms with Crippen molar-refractivity contribution in [3.05, 3.63) is 52.4 Å². The van der Waals surface area contributed by atoms with E-state index in [-0.39, 0.29) is 18.0 Å². The zero-order valence-electron chi connectivity index (χ0n) is 15.5. The number of nitrogens with zero attached hydrogens (tertiary/aromatic N) is 4. The van der Waals surface area contributed by atoms with Crippen LogP contribution < -0.4 is 15.2 Å². The van der Waals surface area contributed by atoms with E-state index >= 15 is 0 Å². The van der Waals surface area contributed by atoms with Crippen molar-refractivity contribution in [2.24, 2.45) is 0 Å². The third-order valence-electron chi connectivity index (χ3n) is 5.24. The van der Waals surface area contributed by atoms with E-state index < -0.39 is 0 Å². The maximum Gasteiger partial charge on any atom is 0.267 e. The fourth-order valence-corrected chi connectivity index (χ4v) is 3.41. The minimum atomic E-state index is -0.218. The van der Waals surface area contributed by atoms with E-state index in [1.165, 1.54) is 10.7 Å². The first-order valence-corrected chi connectivity index (χ1v) is 9.39. The molecule has 7 nitrogen and oxygen atoms in total. The molecule has 27 heavy (non-hydrogen) atoms. The van der Waals surface area contributed by atoms with Crippen LogP contribution in [0.4, 0.5) is 5.69 Å². The summed E-state index contributed by atoms with van der Waals surface area (Å²) in [6, 6.07) is 11.3. The number of methoxy groups -OCH3 is 1. The maximum atomic E-state index is 12.6. The minimum absolute atomic E-state index is 0.0158. The van der Waals surface area contributed by atoms with Crippen molar-refractivity contribution in [3.8, 4) is 5.75 Å². The predicted molar refractivity (Wildman–Crippen MR) is 102 cm³/mol. The summed E-state index contributed by atoms with van der Waals surface area (Å²) in [6.07, 6.45) is 2.24. The average molecular weight is 368 g/mol. The van der Waals surface area contributed by atoms with Gasteiger partial charge in [0.1, 0.15) is 12.3 Å². The highest BCUT2D eigenvalue weighted by atomic mass is 16.5. The molecule has 0 bridgehead atoms. The molecule has 2 aliphatic rings. The van der Waals surface area contributed by atoms with E-state index in [0.29, 0.717) is 19.0 Å². The Morgan fingerprint density at radius 1 is 1.07 bits per heavy atom. The van der Waals surface area contributed by atoms with E-state index in [1.807, 2.05) is 29.2 Å². The van der Waals surface area contributed by atoms with Crippen molar-refractivity contribution in [2.45, 2.75) is 25.3 Å². The molecule has 2 aromatic rings. The Labute approximate surface area is 158 Å². The lowest BCUT2D eigenvalue weighted by molar-refractivity contribution is -0.132. The summed E-state index contributed by atoms with van der Waals surface area (Å²) in [6.45, 7) is 2.83. The fourth-order valence-electron chi connectivity index (χ4n) is 3.41. The van der Waals surface area contributed by atoms with E-state index in [4.69, 9.17) is 4.74 Å². The van der Waals surface area contributed by atoms with Crippen LogP contribution in [0.5, 0.6) is 5.75 Å². The molecular weight excluding hydrogens is 344 g/mol. The van der Waals surface area contributed by atoms with Gasteiger partial charge in [-0.2, -0.15) is 5.10 Å². The predicted octanol–water partition coefficient (Wildman–Crippen LogP) is 1.48. The summed E-state index contributed by atoms with van der Waals surface area (Å²) >= 11 is 0. The molecule has 1 saturated carbocycles. The third kappa shape index (κ3) is 3.97. The quantitative estimate of drug-likeness (QED) is 0.800. The molecule has 7 heteroatoms. The van der Waals surface area contributed by atoms with Crippen LogP contribution in [0.2, 0.25) is 0 Å². The van der Waals surface area contributed by atoms with E-state index in [9.17, 15) is 9.59 Å². The summed E-state index contributed by atoms with van der Waals surface area (Å²) in [7, 11) is 1.65. The molecule has 1 aromatic carbocycles. The zero-order chi connectivity index (χ0) is 18.8. The molecule has 1 aromatic heterocycles. The first-order chi connectivity index (χ1) is 13.1. The number of anilines is 1. The van der Waals surface area contributed by atoms with Crippen LogP contribution in [0, 0.1) is 0 Å². The number of carbonyl (C=O) groups is 1. The Kier molecular flexibility index (Phi) is 4.83. The fraction of sp³-hybridized carbons (Fsp3) is 0.450. The number of amides is 1. The number of hydrogen-bond acceptors (Lipinski definition) is 5. The molecule has 4 rings (SSSR count). The molecule has 1 aliphatic heterocycles. The van der Waals surface area contributed by atoms with Crippen molar-refractivity contribution < 1.29 is 9.53 Å². The standard InChI is InChI=1S/C20H24N4O3/c1-27-17-6-4-16(5-7-17)22-10-12-23(13-11-22)20(26)14-24-19(25)9-8-18(21-24)15-2-3-15/h4-9,15H,2-3,10-14H2,1H3. The molecular formula is C20H24N4O3. The highest BCUT2D eigenvalue weighted by Crippen LogP contribution is 2.38. The van der Waals surface area contributed by atoms with Crippen LogP contribution in [-0.2, 0) is 11.3 Å². The summed E-state index contributed by atoms with van der Waals surface area (Å²) in [4.78, 5) is 28.7. The van der Waals surface area contributed by atoms with Gasteiger partial charge >= 0.3 is 0 Å². The number of hydrogen-bond donors (Lipinski definition) is 0. The van der Waals surface area contributed by atoms with Crippen molar-refractivity contribution in [1.82, 2.24) is 14.7 Å². The van der Waals surface area contributed by atoms with Crippen LogP contribution >= 0.6 is 0 Å². The van der Waals surface area contributed by atoms with Gasteiger partial charge in [-0.3, -0.25) is 9.59 Å². The number of ether oxygens (including phenoxy) is 1. The lowest BCUT2D eigenvalue weighted by Gasteiger charge is -2.36. The molecule has 0 N–H and O–H groups in total. The smallest absolute Gasteiger partial charge is 0.267 e. The van der Waals surface area contributed by atoms with Gasteiger partial charge in [0.25, 0.3) is 5.56 Å². The molecule has 0 spiro atoms. The Morgan fingerprint density at radius 2 is 1.78 bits per heavy atom. The van der Waals surface area contributed by atoms with Crippen LogP contribution in [0.3, 0.4) is 0 Å². The molecule has 1 saturated heterocycles. The Bertz CT molecular complexity index is 866. The molecule has 1 aliphatic carbocycles. The second-order valence-electron chi connectivity index (χ2n) is 7.09. The largest absolute Gasteiger partial charge is 0.497 e. The average Bonchev–Trinajstić information content (AvgIpc) is 3.55. The lowest BCUT2D eigenvalue weighted by Crippen LogP contribution is -2.50. The maximum absolute atomic E-state index is 12.6. The number of rotatable bonds is 5. The molecule has 142 valence electrons. The topological polar surface area (TPSA) is 67.7 Å². The zero-order valence-corrected chi connectivity index (χ0v) is 15.5. The summed E-state index contributed by atoms with van der Waals surface area (Å²) < 4.78 is 6.50. The second kappa shape index (κ2) is 7.42. The third-order valence-corrected chi connectivity index (χ3v) is 5.24. The van der Waals surface area contributed by atoms with Crippen molar-refractivity contribution in [1.29, 1.82) is 0 Å². The van der Waals surface area contributed by atoms with Crippen LogP contribution in [0.25, 0.3) is 0 Å². The van der Waals surface area contributed by atoms with Gasteiger partial charge in [0.05, 0.1) is 12.8 Å². The van der Waals surface area contributed by atoms with E-state index in [0.717, 1.165) is 43.1 Å². The van der Waals surface area contributed by atoms with Crippen LogP contribution in [0.15, 0.2) is 41.2 Å². The van der Waals surface area contributed by atoms with Crippen molar-refractivity contribution in [2.75, 3.05) is 38.2 Å². The Hall–Kier alpha value is -2.83. The van der Waals surface area contributed by atoms with E-state index in [1.54, 1.807) is 13.2 Å². The first kappa shape index (κ1) is 17.6. The van der Waals surface area contributed by atoms with Crippen LogP contribution in [-0.4, -0.2) is 53.9 Å². The normalized spacial score (nSPS) is 17.1. The highest BCUT2D eigenvalue weighted by molar-refractivity contribution is 5.76. The van der Waals surface area contributed by atoms with Crippen LogP contribution in [0.1, 0.15) is 24.5 Å². The SMILES string of the molecule is COc1ccc(N2CCN(C(=O)Cn3nc(C4CC4)ccc3=O)CC2)cc1. The molecule has 0 unspecified atom stereocenters. The summed E-state index contributed by atoms with van der Waals surface area (Å²) in [5, 5.41) is 4.38. The second-order valence-corrected chi connectivity index (χ2v) is 7.09.